The number of carbonyl (C=O) groups is 1. The quantitative estimate of drug-likeness (QED) is 0.382. The number of piperazine rings is 1. The van der Waals surface area contributed by atoms with Crippen molar-refractivity contribution in [3.05, 3.63) is 69.7 Å². The molecule has 1 N–H and O–H groups in total. The van der Waals surface area contributed by atoms with E-state index in [9.17, 15) is 14.7 Å². The number of nitrogens with zero attached hydrogens (tertiary/aromatic N) is 3. The van der Waals surface area contributed by atoms with Crippen molar-refractivity contribution >= 4 is 17.1 Å². The van der Waals surface area contributed by atoms with Crippen molar-refractivity contribution in [2.75, 3.05) is 46.4 Å². The van der Waals surface area contributed by atoms with Crippen LogP contribution < -0.4 is 5.76 Å². The fourth-order valence-corrected chi connectivity index (χ4v) is 4.28. The minimum atomic E-state index is -0.638. The van der Waals surface area contributed by atoms with E-state index in [4.69, 9.17) is 9.15 Å². The highest BCUT2D eigenvalue weighted by atomic mass is 16.5. The van der Waals surface area contributed by atoms with Gasteiger partial charge in [-0.15, -0.1) is 0 Å². The van der Waals surface area contributed by atoms with Gasteiger partial charge in [0.05, 0.1) is 31.2 Å². The summed E-state index contributed by atoms with van der Waals surface area (Å²) in [5.74, 6) is -0.699. The molecule has 2 heterocycles. The van der Waals surface area contributed by atoms with Crippen LogP contribution in [0, 0.1) is 0 Å². The zero-order valence-corrected chi connectivity index (χ0v) is 19.9. The monoisotopic (exact) mass is 467 g/mol. The van der Waals surface area contributed by atoms with Gasteiger partial charge in [-0.25, -0.2) is 4.79 Å². The van der Waals surface area contributed by atoms with E-state index in [1.807, 2.05) is 24.3 Å². The molecule has 1 saturated heterocycles. The molecular weight excluding hydrogens is 434 g/mol. The van der Waals surface area contributed by atoms with Crippen LogP contribution in [0.3, 0.4) is 0 Å². The highest BCUT2D eigenvalue weighted by Crippen LogP contribution is 2.20. The number of aliphatic hydroxyl groups excluding tert-OH is 1. The summed E-state index contributed by atoms with van der Waals surface area (Å²) in [7, 11) is 2.14. The van der Waals surface area contributed by atoms with Gasteiger partial charge in [-0.2, -0.15) is 0 Å². The Balaban J connectivity index is 1.31. The molecule has 3 aromatic rings. The number of esters is 1. The number of benzene rings is 2. The number of aliphatic hydroxyl groups is 1. The topological polar surface area (TPSA) is 88.1 Å². The van der Waals surface area contributed by atoms with Gasteiger partial charge >= 0.3 is 11.7 Å². The van der Waals surface area contributed by atoms with E-state index in [1.165, 1.54) is 0 Å². The number of rotatable bonds is 9. The molecule has 0 saturated carbocycles. The average Bonchev–Trinajstić information content (AvgIpc) is 3.12. The van der Waals surface area contributed by atoms with Crippen LogP contribution in [-0.2, 0) is 22.5 Å². The van der Waals surface area contributed by atoms with Gasteiger partial charge in [0.25, 0.3) is 0 Å². The van der Waals surface area contributed by atoms with Crippen LogP contribution in [0.4, 0.5) is 0 Å². The Labute approximate surface area is 199 Å². The van der Waals surface area contributed by atoms with Crippen molar-refractivity contribution in [1.29, 1.82) is 0 Å². The molecule has 4 rings (SSSR count). The van der Waals surface area contributed by atoms with E-state index < -0.39 is 11.9 Å². The number of carbonyl (C=O) groups excluding carboxylic acids is 1. The number of aromatic nitrogens is 1. The Morgan fingerprint density at radius 2 is 1.88 bits per heavy atom. The summed E-state index contributed by atoms with van der Waals surface area (Å²) in [6.45, 7) is 7.66. The summed E-state index contributed by atoms with van der Waals surface area (Å²) in [4.78, 5) is 29.5. The lowest BCUT2D eigenvalue weighted by Gasteiger charge is -2.32. The maximum Gasteiger partial charge on any atom is 0.420 e. The molecule has 2 aromatic carbocycles. The predicted octanol–water partition coefficient (Wildman–Crippen LogP) is 2.42. The lowest BCUT2D eigenvalue weighted by atomic mass is 10.1. The van der Waals surface area contributed by atoms with E-state index in [0.29, 0.717) is 29.8 Å². The molecule has 1 aliphatic heterocycles. The van der Waals surface area contributed by atoms with Crippen LogP contribution in [0.2, 0.25) is 0 Å². The summed E-state index contributed by atoms with van der Waals surface area (Å²) >= 11 is 0. The van der Waals surface area contributed by atoms with Gasteiger partial charge in [0.1, 0.15) is 0 Å². The maximum absolute atomic E-state index is 12.4. The number of likely N-dealkylation sites (N-methyl/N-ethyl adjacent to an activating group) is 1. The summed E-state index contributed by atoms with van der Waals surface area (Å²) in [6, 6.07) is 12.9. The molecule has 1 aromatic heterocycles. The number of hydrogen-bond acceptors (Lipinski definition) is 7. The van der Waals surface area contributed by atoms with E-state index in [2.05, 4.69) is 16.8 Å². The third kappa shape index (κ3) is 6.14. The zero-order valence-electron chi connectivity index (χ0n) is 19.9. The molecule has 8 heteroatoms. The lowest BCUT2D eigenvalue weighted by molar-refractivity contribution is -0.143. The SMILES string of the molecule is CC(O)c1ccc2c(c1)oc(=O)n2Cc1cccc(CC(=O)OCCCN2CCN(C)CC2)c1. The highest BCUT2D eigenvalue weighted by molar-refractivity contribution is 5.74. The molecule has 0 spiro atoms. The fraction of sp³-hybridized carbons (Fsp3) is 0.462. The molecule has 0 bridgehead atoms. The summed E-state index contributed by atoms with van der Waals surface area (Å²) < 4.78 is 12.4. The first kappa shape index (κ1) is 24.2. The second kappa shape index (κ2) is 11.0. The van der Waals surface area contributed by atoms with E-state index >= 15 is 0 Å². The summed E-state index contributed by atoms with van der Waals surface area (Å²) in [5.41, 5.74) is 3.54. The van der Waals surface area contributed by atoms with Gasteiger partial charge in [0.2, 0.25) is 0 Å². The molecule has 34 heavy (non-hydrogen) atoms. The smallest absolute Gasteiger partial charge is 0.420 e. The standard InChI is InChI=1S/C26H33N3O5/c1-19(30)22-7-8-23-24(17-22)34-26(32)29(23)18-21-6-3-5-20(15-21)16-25(31)33-14-4-9-28-12-10-27(2)11-13-28/h3,5-8,15,17,19,30H,4,9-14,16,18H2,1-2H3. The molecule has 0 radical (unpaired) electrons. The van der Waals surface area contributed by atoms with Crippen molar-refractivity contribution in [2.24, 2.45) is 0 Å². The van der Waals surface area contributed by atoms with Crippen molar-refractivity contribution in [3.8, 4) is 0 Å². The lowest BCUT2D eigenvalue weighted by Crippen LogP contribution is -2.44. The van der Waals surface area contributed by atoms with Crippen molar-refractivity contribution in [1.82, 2.24) is 14.4 Å². The van der Waals surface area contributed by atoms with E-state index in [1.54, 1.807) is 29.7 Å². The van der Waals surface area contributed by atoms with Crippen molar-refractivity contribution in [3.63, 3.8) is 0 Å². The fourth-order valence-electron chi connectivity index (χ4n) is 4.28. The van der Waals surface area contributed by atoms with Crippen molar-refractivity contribution < 1.29 is 19.1 Å². The third-order valence-corrected chi connectivity index (χ3v) is 6.33. The first-order valence-corrected chi connectivity index (χ1v) is 11.8. The Bertz CT molecular complexity index is 1170. The molecule has 1 atom stereocenters. The largest absolute Gasteiger partial charge is 0.465 e. The number of ether oxygens (including phenoxy) is 1. The first-order chi connectivity index (χ1) is 16.4. The number of fused-ring (bicyclic) bond motifs is 1. The highest BCUT2D eigenvalue weighted by Gasteiger charge is 2.14. The maximum atomic E-state index is 12.4. The molecule has 8 nitrogen and oxygen atoms in total. The Morgan fingerprint density at radius 3 is 2.65 bits per heavy atom. The molecule has 1 unspecified atom stereocenters. The molecule has 1 aliphatic rings. The van der Waals surface area contributed by atoms with E-state index in [-0.39, 0.29) is 12.4 Å². The average molecular weight is 468 g/mol. The minimum Gasteiger partial charge on any atom is -0.465 e. The Kier molecular flexibility index (Phi) is 7.82. The first-order valence-electron chi connectivity index (χ1n) is 11.8. The zero-order chi connectivity index (χ0) is 24.1. The minimum absolute atomic E-state index is 0.196. The molecule has 182 valence electrons. The predicted molar refractivity (Wildman–Crippen MR) is 130 cm³/mol. The van der Waals surface area contributed by atoms with E-state index in [0.717, 1.165) is 50.3 Å². The number of hydrogen-bond donors (Lipinski definition) is 1. The Morgan fingerprint density at radius 1 is 1.12 bits per heavy atom. The normalized spacial score (nSPS) is 16.1. The second-order valence-electron chi connectivity index (χ2n) is 9.07. The number of oxazole rings is 1. The molecule has 1 fully saturated rings. The van der Waals surface area contributed by atoms with Crippen LogP contribution in [0.5, 0.6) is 0 Å². The van der Waals surface area contributed by atoms with Gasteiger partial charge in [-0.3, -0.25) is 9.36 Å². The van der Waals surface area contributed by atoms with Gasteiger partial charge in [-0.1, -0.05) is 30.3 Å². The van der Waals surface area contributed by atoms with Crippen LogP contribution in [0.15, 0.2) is 51.7 Å². The van der Waals surface area contributed by atoms with Crippen LogP contribution in [-0.4, -0.2) is 71.8 Å². The summed E-state index contributed by atoms with van der Waals surface area (Å²) in [5, 5.41) is 9.77. The van der Waals surface area contributed by atoms with Gasteiger partial charge in [0, 0.05) is 32.7 Å². The molecule has 0 amide bonds. The van der Waals surface area contributed by atoms with Crippen LogP contribution in [0.25, 0.3) is 11.1 Å². The third-order valence-electron chi connectivity index (χ3n) is 6.33. The Hall–Kier alpha value is -2.94. The molecule has 0 aliphatic carbocycles. The van der Waals surface area contributed by atoms with Crippen molar-refractivity contribution in [2.45, 2.75) is 32.4 Å². The molecular formula is C26H33N3O5. The van der Waals surface area contributed by atoms with Gasteiger partial charge in [0.15, 0.2) is 5.58 Å². The van der Waals surface area contributed by atoms with Gasteiger partial charge < -0.3 is 24.1 Å². The van der Waals surface area contributed by atoms with Crippen LogP contribution in [0.1, 0.15) is 36.1 Å². The summed E-state index contributed by atoms with van der Waals surface area (Å²) in [6.07, 6.45) is 0.394. The van der Waals surface area contributed by atoms with Crippen LogP contribution >= 0.6 is 0 Å². The van der Waals surface area contributed by atoms with Gasteiger partial charge in [-0.05, 0) is 49.2 Å². The second-order valence-corrected chi connectivity index (χ2v) is 9.07.